The molecule has 0 aromatic heterocycles. The van der Waals surface area contributed by atoms with Gasteiger partial charge in [0.2, 0.25) is 0 Å². The second-order valence-electron chi connectivity index (χ2n) is 1.47. The Morgan fingerprint density at radius 1 is 1.45 bits per heavy atom. The first kappa shape index (κ1) is 10.1. The highest BCUT2D eigenvalue weighted by Crippen LogP contribution is 2.17. The molecule has 0 heterocycles. The molecule has 0 saturated carbocycles. The van der Waals surface area contributed by atoms with Crippen LogP contribution in [0.2, 0.25) is 0 Å². The van der Waals surface area contributed by atoms with Gasteiger partial charge in [0, 0.05) is 0 Å². The van der Waals surface area contributed by atoms with Gasteiger partial charge in [0.25, 0.3) is 6.36 Å². The summed E-state index contributed by atoms with van der Waals surface area (Å²) in [5.74, 6) is -2.73. The summed E-state index contributed by atoms with van der Waals surface area (Å²) in [6, 6.07) is 0. The predicted octanol–water partition coefficient (Wildman–Crippen LogP) is 1.36. The maximum absolute atomic E-state index is 11.6. The minimum Gasteiger partial charge on any atom is -0.422 e. The zero-order valence-electron chi connectivity index (χ0n) is 4.99. The standard InChI is InChI=1S/C4H3F5O2/c5-1-2(6)11-3(10)4(7,8)9/h2H,1H2. The van der Waals surface area contributed by atoms with E-state index in [1.807, 2.05) is 0 Å². The molecule has 0 N–H and O–H groups in total. The molecule has 1 atom stereocenters. The number of hydrogen-bond donors (Lipinski definition) is 0. The molecule has 1 unspecified atom stereocenters. The lowest BCUT2D eigenvalue weighted by molar-refractivity contribution is -0.213. The maximum atomic E-state index is 11.6. The fraction of sp³-hybridized carbons (Fsp3) is 0.750. The highest BCUT2D eigenvalue weighted by atomic mass is 19.4. The van der Waals surface area contributed by atoms with Gasteiger partial charge in [-0.2, -0.15) is 17.6 Å². The van der Waals surface area contributed by atoms with Crippen molar-refractivity contribution in [2.45, 2.75) is 12.5 Å². The molecule has 0 radical (unpaired) electrons. The second-order valence-corrected chi connectivity index (χ2v) is 1.47. The van der Waals surface area contributed by atoms with Gasteiger partial charge >= 0.3 is 12.1 Å². The van der Waals surface area contributed by atoms with Crippen molar-refractivity contribution in [1.82, 2.24) is 0 Å². The van der Waals surface area contributed by atoms with Gasteiger partial charge in [-0.25, -0.2) is 9.18 Å². The lowest BCUT2D eigenvalue weighted by Crippen LogP contribution is -2.29. The second kappa shape index (κ2) is 3.49. The first-order chi connectivity index (χ1) is 4.88. The third-order valence-electron chi connectivity index (χ3n) is 0.588. The molecule has 2 nitrogen and oxygen atoms in total. The Kier molecular flexibility index (Phi) is 3.21. The molecule has 0 rings (SSSR count). The lowest BCUT2D eigenvalue weighted by Gasteiger charge is -2.07. The summed E-state index contributed by atoms with van der Waals surface area (Å²) in [6.07, 6.45) is -8.12. The molecule has 0 aromatic carbocycles. The number of esters is 1. The van der Waals surface area contributed by atoms with E-state index in [2.05, 4.69) is 4.74 Å². The Bertz CT molecular complexity index is 142. The zero-order valence-corrected chi connectivity index (χ0v) is 4.99. The van der Waals surface area contributed by atoms with Crippen LogP contribution in [0, 0.1) is 0 Å². The Hall–Kier alpha value is -0.880. The molecule has 66 valence electrons. The van der Waals surface area contributed by atoms with E-state index in [1.165, 1.54) is 0 Å². The van der Waals surface area contributed by atoms with Crippen molar-refractivity contribution in [1.29, 1.82) is 0 Å². The van der Waals surface area contributed by atoms with Crippen LogP contribution in [0.3, 0.4) is 0 Å². The van der Waals surface area contributed by atoms with Crippen molar-refractivity contribution >= 4 is 5.97 Å². The summed E-state index contributed by atoms with van der Waals surface area (Å²) in [5.41, 5.74) is 0. The minimum atomic E-state index is -5.28. The fourth-order valence-electron chi connectivity index (χ4n) is 0.214. The molecule has 0 aliphatic rings. The Morgan fingerprint density at radius 2 is 1.91 bits per heavy atom. The van der Waals surface area contributed by atoms with E-state index in [4.69, 9.17) is 0 Å². The van der Waals surface area contributed by atoms with E-state index in [-0.39, 0.29) is 0 Å². The topological polar surface area (TPSA) is 26.3 Å². The summed E-state index contributed by atoms with van der Waals surface area (Å²) in [5, 5.41) is 0. The number of ether oxygens (including phenoxy) is 1. The first-order valence-electron chi connectivity index (χ1n) is 2.35. The number of rotatable bonds is 2. The van der Waals surface area contributed by atoms with Crippen molar-refractivity contribution in [3.63, 3.8) is 0 Å². The Labute approximate surface area is 57.9 Å². The highest BCUT2D eigenvalue weighted by Gasteiger charge is 2.42. The minimum absolute atomic E-state index is 1.79. The van der Waals surface area contributed by atoms with E-state index < -0.39 is 25.2 Å². The van der Waals surface area contributed by atoms with Crippen LogP contribution in [0.15, 0.2) is 0 Å². The largest absolute Gasteiger partial charge is 0.491 e. The SMILES string of the molecule is O=C(OC(F)CF)C(F)(F)F. The first-order valence-corrected chi connectivity index (χ1v) is 2.35. The van der Waals surface area contributed by atoms with Crippen LogP contribution in [0.5, 0.6) is 0 Å². The van der Waals surface area contributed by atoms with Crippen LogP contribution in [0.4, 0.5) is 22.0 Å². The molecular weight excluding hydrogens is 175 g/mol. The van der Waals surface area contributed by atoms with Gasteiger partial charge in [0.05, 0.1) is 0 Å². The molecule has 0 fully saturated rings. The van der Waals surface area contributed by atoms with Crippen LogP contribution < -0.4 is 0 Å². The lowest BCUT2D eigenvalue weighted by atomic mass is 10.6. The van der Waals surface area contributed by atoms with Gasteiger partial charge in [-0.05, 0) is 0 Å². The van der Waals surface area contributed by atoms with Crippen LogP contribution in [-0.4, -0.2) is 25.2 Å². The average Bonchev–Trinajstić information content (AvgIpc) is 1.85. The molecule has 0 aliphatic carbocycles. The van der Waals surface area contributed by atoms with E-state index >= 15 is 0 Å². The third kappa shape index (κ3) is 3.74. The molecule has 11 heavy (non-hydrogen) atoms. The normalized spacial score (nSPS) is 14.3. The molecule has 0 aromatic rings. The average molecular weight is 178 g/mol. The molecular formula is C4H3F5O2. The van der Waals surface area contributed by atoms with E-state index in [0.29, 0.717) is 0 Å². The smallest absolute Gasteiger partial charge is 0.422 e. The molecule has 0 bridgehead atoms. The van der Waals surface area contributed by atoms with Crippen LogP contribution >= 0.6 is 0 Å². The van der Waals surface area contributed by atoms with Gasteiger partial charge in [0.15, 0.2) is 6.67 Å². The van der Waals surface area contributed by atoms with E-state index in [9.17, 15) is 26.7 Å². The van der Waals surface area contributed by atoms with Gasteiger partial charge < -0.3 is 4.74 Å². The molecule has 0 saturated heterocycles. The summed E-state index contributed by atoms with van der Waals surface area (Å²) in [7, 11) is 0. The highest BCUT2D eigenvalue weighted by molar-refractivity contribution is 5.75. The predicted molar refractivity (Wildman–Crippen MR) is 23.0 cm³/mol. The third-order valence-corrected chi connectivity index (χ3v) is 0.588. The van der Waals surface area contributed by atoms with Crippen LogP contribution in [0.25, 0.3) is 0 Å². The van der Waals surface area contributed by atoms with Crippen LogP contribution in [0.1, 0.15) is 0 Å². The number of carbonyl (C=O) groups is 1. The van der Waals surface area contributed by atoms with Crippen LogP contribution in [-0.2, 0) is 9.53 Å². The summed E-state index contributed by atoms with van der Waals surface area (Å²) in [6.45, 7) is -1.79. The monoisotopic (exact) mass is 178 g/mol. The number of halogens is 5. The van der Waals surface area contributed by atoms with Crippen molar-refractivity contribution in [3.8, 4) is 0 Å². The number of carbonyl (C=O) groups excluding carboxylic acids is 1. The molecule has 0 aliphatic heterocycles. The molecule has 0 amide bonds. The Morgan fingerprint density at radius 3 is 2.18 bits per heavy atom. The van der Waals surface area contributed by atoms with Crippen molar-refractivity contribution in [2.24, 2.45) is 0 Å². The van der Waals surface area contributed by atoms with E-state index in [0.717, 1.165) is 0 Å². The van der Waals surface area contributed by atoms with Crippen molar-refractivity contribution in [2.75, 3.05) is 6.67 Å². The van der Waals surface area contributed by atoms with Gasteiger partial charge in [0.1, 0.15) is 0 Å². The number of hydrogen-bond acceptors (Lipinski definition) is 2. The maximum Gasteiger partial charge on any atom is 0.491 e. The molecule has 0 spiro atoms. The van der Waals surface area contributed by atoms with Gasteiger partial charge in [-0.3, -0.25) is 0 Å². The summed E-state index contributed by atoms with van der Waals surface area (Å²) < 4.78 is 59.2. The number of alkyl halides is 5. The Balaban J connectivity index is 3.88. The summed E-state index contributed by atoms with van der Waals surface area (Å²) in [4.78, 5) is 9.68. The van der Waals surface area contributed by atoms with Crippen molar-refractivity contribution < 1.29 is 31.5 Å². The van der Waals surface area contributed by atoms with Crippen molar-refractivity contribution in [3.05, 3.63) is 0 Å². The fourth-order valence-corrected chi connectivity index (χ4v) is 0.214. The van der Waals surface area contributed by atoms with Gasteiger partial charge in [-0.1, -0.05) is 0 Å². The van der Waals surface area contributed by atoms with E-state index in [1.54, 1.807) is 0 Å². The zero-order chi connectivity index (χ0) is 9.07. The molecule has 7 heteroatoms. The summed E-state index contributed by atoms with van der Waals surface area (Å²) >= 11 is 0. The quantitative estimate of drug-likeness (QED) is 0.471. The van der Waals surface area contributed by atoms with Gasteiger partial charge in [-0.15, -0.1) is 0 Å².